The molecule has 0 aliphatic rings. The minimum atomic E-state index is -4.78. The third kappa shape index (κ3) is 3.32. The third-order valence-electron chi connectivity index (χ3n) is 3.46. The van der Waals surface area contributed by atoms with Crippen molar-refractivity contribution < 1.29 is 18.0 Å². The van der Waals surface area contributed by atoms with Crippen molar-refractivity contribution >= 4 is 5.91 Å². The Morgan fingerprint density at radius 2 is 1.76 bits per heavy atom. The molecule has 0 fully saturated rings. The summed E-state index contributed by atoms with van der Waals surface area (Å²) in [6.07, 6.45) is -2.23. The number of carbonyl (C=O) groups is 1. The SMILES string of the molecule is NC(=O)c1cc(-c2ccncn2)nc(C(F)(F)F)c1-c1ccccc1. The molecule has 2 heterocycles. The first kappa shape index (κ1) is 16.6. The Hall–Kier alpha value is -3.29. The minimum absolute atomic E-state index is 0.108. The van der Waals surface area contributed by atoms with Crippen LogP contribution in [0.5, 0.6) is 0 Å². The number of nitrogens with zero attached hydrogens (tertiary/aromatic N) is 3. The second-order valence-corrected chi connectivity index (χ2v) is 5.10. The largest absolute Gasteiger partial charge is 0.434 e. The molecule has 1 amide bonds. The summed E-state index contributed by atoms with van der Waals surface area (Å²) in [5.41, 5.74) is 3.78. The van der Waals surface area contributed by atoms with Crippen molar-refractivity contribution in [1.82, 2.24) is 15.0 Å². The van der Waals surface area contributed by atoms with E-state index in [9.17, 15) is 18.0 Å². The van der Waals surface area contributed by atoms with Gasteiger partial charge in [-0.2, -0.15) is 13.2 Å². The van der Waals surface area contributed by atoms with Crippen LogP contribution < -0.4 is 5.73 Å². The number of primary amides is 1. The van der Waals surface area contributed by atoms with Gasteiger partial charge in [0, 0.05) is 11.8 Å². The van der Waals surface area contributed by atoms with E-state index in [0.29, 0.717) is 0 Å². The average Bonchev–Trinajstić information content (AvgIpc) is 2.61. The van der Waals surface area contributed by atoms with Crippen molar-refractivity contribution in [1.29, 1.82) is 0 Å². The molecule has 0 saturated heterocycles. The van der Waals surface area contributed by atoms with Crippen molar-refractivity contribution in [2.45, 2.75) is 6.18 Å². The van der Waals surface area contributed by atoms with Crippen molar-refractivity contribution in [3.63, 3.8) is 0 Å². The lowest BCUT2D eigenvalue weighted by Gasteiger charge is -2.16. The first-order chi connectivity index (χ1) is 11.9. The number of hydrogen-bond donors (Lipinski definition) is 1. The summed E-state index contributed by atoms with van der Waals surface area (Å²) in [6, 6.07) is 10.3. The quantitative estimate of drug-likeness (QED) is 0.790. The van der Waals surface area contributed by atoms with E-state index in [4.69, 9.17) is 5.73 Å². The third-order valence-corrected chi connectivity index (χ3v) is 3.46. The lowest BCUT2D eigenvalue weighted by Crippen LogP contribution is -2.19. The number of benzene rings is 1. The van der Waals surface area contributed by atoms with E-state index >= 15 is 0 Å². The van der Waals surface area contributed by atoms with Gasteiger partial charge in [-0.1, -0.05) is 30.3 Å². The van der Waals surface area contributed by atoms with E-state index < -0.39 is 17.8 Å². The van der Waals surface area contributed by atoms with E-state index in [1.165, 1.54) is 36.8 Å². The van der Waals surface area contributed by atoms with Gasteiger partial charge in [0.2, 0.25) is 5.91 Å². The number of amides is 1. The number of rotatable bonds is 3. The van der Waals surface area contributed by atoms with Gasteiger partial charge in [0.05, 0.1) is 17.0 Å². The molecule has 3 rings (SSSR count). The van der Waals surface area contributed by atoms with Crippen LogP contribution in [0.1, 0.15) is 16.1 Å². The molecule has 0 atom stereocenters. The Balaban J connectivity index is 2.36. The number of nitrogens with two attached hydrogens (primary N) is 1. The van der Waals surface area contributed by atoms with Gasteiger partial charge in [0.1, 0.15) is 6.33 Å². The Morgan fingerprint density at radius 3 is 2.32 bits per heavy atom. The molecule has 0 unspecified atom stereocenters. The number of carbonyl (C=O) groups excluding carboxylic acids is 1. The second kappa shape index (κ2) is 6.31. The van der Waals surface area contributed by atoms with Crippen LogP contribution in [0.3, 0.4) is 0 Å². The Morgan fingerprint density at radius 1 is 1.04 bits per heavy atom. The maximum Gasteiger partial charge on any atom is 0.434 e. The smallest absolute Gasteiger partial charge is 0.366 e. The Kier molecular flexibility index (Phi) is 4.18. The topological polar surface area (TPSA) is 81.8 Å². The van der Waals surface area contributed by atoms with E-state index in [-0.39, 0.29) is 28.1 Å². The summed E-state index contributed by atoms with van der Waals surface area (Å²) in [5, 5.41) is 0. The molecule has 0 aliphatic carbocycles. The molecule has 0 bridgehead atoms. The van der Waals surface area contributed by atoms with Crippen molar-refractivity contribution in [3.8, 4) is 22.5 Å². The number of aromatic nitrogens is 3. The van der Waals surface area contributed by atoms with E-state index in [0.717, 1.165) is 0 Å². The molecule has 25 heavy (non-hydrogen) atoms. The van der Waals surface area contributed by atoms with Crippen LogP contribution in [0.15, 0.2) is 55.0 Å². The molecular formula is C17H11F3N4O. The maximum absolute atomic E-state index is 13.6. The number of hydrogen-bond acceptors (Lipinski definition) is 4. The molecule has 1 aromatic carbocycles. The highest BCUT2D eigenvalue weighted by Gasteiger charge is 2.38. The van der Waals surface area contributed by atoms with Gasteiger partial charge < -0.3 is 5.73 Å². The summed E-state index contributed by atoms with van der Waals surface area (Å²) in [4.78, 5) is 23.2. The van der Waals surface area contributed by atoms with Crippen LogP contribution in [-0.2, 0) is 6.18 Å². The molecule has 5 nitrogen and oxygen atoms in total. The van der Waals surface area contributed by atoms with Crippen LogP contribution in [0.25, 0.3) is 22.5 Å². The molecular weight excluding hydrogens is 333 g/mol. The monoisotopic (exact) mass is 344 g/mol. The Bertz CT molecular complexity index is 912. The molecule has 0 aliphatic heterocycles. The predicted octanol–water partition coefficient (Wildman–Crippen LogP) is 3.32. The number of pyridine rings is 1. The van der Waals surface area contributed by atoms with Gasteiger partial charge in [-0.05, 0) is 17.7 Å². The predicted molar refractivity (Wildman–Crippen MR) is 84.2 cm³/mol. The minimum Gasteiger partial charge on any atom is -0.366 e. The van der Waals surface area contributed by atoms with Crippen LogP contribution in [0.4, 0.5) is 13.2 Å². The lowest BCUT2D eigenvalue weighted by atomic mass is 9.96. The molecule has 0 spiro atoms. The van der Waals surface area contributed by atoms with Crippen LogP contribution in [0, 0.1) is 0 Å². The maximum atomic E-state index is 13.6. The summed E-state index contributed by atoms with van der Waals surface area (Å²) in [6.45, 7) is 0. The average molecular weight is 344 g/mol. The zero-order valence-corrected chi connectivity index (χ0v) is 12.7. The molecule has 8 heteroatoms. The van der Waals surface area contributed by atoms with Gasteiger partial charge in [-0.25, -0.2) is 15.0 Å². The van der Waals surface area contributed by atoms with Gasteiger partial charge in [0.15, 0.2) is 5.69 Å². The highest BCUT2D eigenvalue weighted by molar-refractivity contribution is 6.01. The molecule has 0 radical (unpaired) electrons. The van der Waals surface area contributed by atoms with E-state index in [2.05, 4.69) is 15.0 Å². The zero-order valence-electron chi connectivity index (χ0n) is 12.7. The van der Waals surface area contributed by atoms with Crippen molar-refractivity contribution in [3.05, 3.63) is 66.2 Å². The summed E-state index contributed by atoms with van der Waals surface area (Å²) >= 11 is 0. The first-order valence-corrected chi connectivity index (χ1v) is 7.12. The van der Waals surface area contributed by atoms with Crippen LogP contribution >= 0.6 is 0 Å². The summed E-state index contributed by atoms with van der Waals surface area (Å²) in [7, 11) is 0. The fourth-order valence-electron chi connectivity index (χ4n) is 2.41. The highest BCUT2D eigenvalue weighted by atomic mass is 19.4. The molecule has 2 N–H and O–H groups in total. The molecule has 2 aromatic heterocycles. The van der Waals surface area contributed by atoms with E-state index in [1.54, 1.807) is 18.2 Å². The fraction of sp³-hybridized carbons (Fsp3) is 0.0588. The van der Waals surface area contributed by atoms with Gasteiger partial charge in [-0.15, -0.1) is 0 Å². The second-order valence-electron chi connectivity index (χ2n) is 5.10. The van der Waals surface area contributed by atoms with Gasteiger partial charge in [0.25, 0.3) is 0 Å². The van der Waals surface area contributed by atoms with Crippen molar-refractivity contribution in [2.24, 2.45) is 5.73 Å². The standard InChI is InChI=1S/C17H11F3N4O/c18-17(19,20)15-14(10-4-2-1-3-5-10)11(16(21)25)8-13(24-15)12-6-7-22-9-23-12/h1-9H,(H2,21,25). The number of alkyl halides is 3. The summed E-state index contributed by atoms with van der Waals surface area (Å²) < 4.78 is 40.9. The van der Waals surface area contributed by atoms with Crippen molar-refractivity contribution in [2.75, 3.05) is 0 Å². The lowest BCUT2D eigenvalue weighted by molar-refractivity contribution is -0.140. The fourth-order valence-corrected chi connectivity index (χ4v) is 2.41. The molecule has 3 aromatic rings. The van der Waals surface area contributed by atoms with E-state index in [1.807, 2.05) is 0 Å². The first-order valence-electron chi connectivity index (χ1n) is 7.12. The van der Waals surface area contributed by atoms with Crippen LogP contribution in [0.2, 0.25) is 0 Å². The highest BCUT2D eigenvalue weighted by Crippen LogP contribution is 2.39. The molecule has 0 saturated carbocycles. The zero-order chi connectivity index (χ0) is 18.0. The van der Waals surface area contributed by atoms with Gasteiger partial charge in [-0.3, -0.25) is 4.79 Å². The molecule has 126 valence electrons. The normalized spacial score (nSPS) is 11.3. The van der Waals surface area contributed by atoms with Gasteiger partial charge >= 0.3 is 6.18 Å². The Labute approximate surface area is 140 Å². The van der Waals surface area contributed by atoms with Crippen LogP contribution in [-0.4, -0.2) is 20.9 Å². The number of halogens is 3. The summed E-state index contributed by atoms with van der Waals surface area (Å²) in [5.74, 6) is -0.984.